The van der Waals surface area contributed by atoms with Gasteiger partial charge in [0.1, 0.15) is 11.5 Å². The minimum Gasteiger partial charge on any atom is -0.350 e. The fraction of sp³-hybridized carbons (Fsp3) is 0.318. The fourth-order valence-corrected chi connectivity index (χ4v) is 3.96. The zero-order valence-electron chi connectivity index (χ0n) is 15.5. The zero-order valence-corrected chi connectivity index (χ0v) is 15.5. The molecule has 1 unspecified atom stereocenters. The third-order valence-electron chi connectivity index (χ3n) is 5.34. The lowest BCUT2D eigenvalue weighted by Gasteiger charge is -2.21. The second-order valence-corrected chi connectivity index (χ2v) is 7.45. The van der Waals surface area contributed by atoms with Gasteiger partial charge in [0, 0.05) is 37.6 Å². The minimum atomic E-state index is -0.308. The van der Waals surface area contributed by atoms with Crippen molar-refractivity contribution in [1.82, 2.24) is 14.8 Å². The monoisotopic (exact) mass is 365 g/mol. The third-order valence-corrected chi connectivity index (χ3v) is 5.34. The number of nitrogens with zero attached hydrogens (tertiary/aromatic N) is 2. The van der Waals surface area contributed by atoms with Crippen LogP contribution in [0.2, 0.25) is 0 Å². The van der Waals surface area contributed by atoms with E-state index in [1.165, 1.54) is 11.6 Å². The quantitative estimate of drug-likeness (QED) is 0.745. The van der Waals surface area contributed by atoms with E-state index in [1.807, 2.05) is 13.1 Å². The Kier molecular flexibility index (Phi) is 4.94. The van der Waals surface area contributed by atoms with Crippen molar-refractivity contribution in [2.45, 2.75) is 13.0 Å². The molecule has 27 heavy (non-hydrogen) atoms. The summed E-state index contributed by atoms with van der Waals surface area (Å²) in [5.74, 6) is 0.0636. The minimum absolute atomic E-state index is 0.0906. The van der Waals surface area contributed by atoms with Crippen molar-refractivity contribution < 1.29 is 9.18 Å². The maximum atomic E-state index is 13.9. The van der Waals surface area contributed by atoms with Gasteiger partial charge in [-0.2, -0.15) is 0 Å². The first-order valence-electron chi connectivity index (χ1n) is 9.39. The summed E-state index contributed by atoms with van der Waals surface area (Å²) in [6.45, 7) is 3.71. The molecule has 3 aromatic rings. The average molecular weight is 365 g/mol. The smallest absolute Gasteiger partial charge is 0.270 e. The van der Waals surface area contributed by atoms with Gasteiger partial charge >= 0.3 is 0 Å². The number of amides is 1. The number of carbonyl (C=O) groups excluding carboxylic acids is 1. The van der Waals surface area contributed by atoms with E-state index >= 15 is 0 Å². The summed E-state index contributed by atoms with van der Waals surface area (Å²) in [6, 6.07) is 16.9. The van der Waals surface area contributed by atoms with Gasteiger partial charge < -0.3 is 9.88 Å². The van der Waals surface area contributed by atoms with Crippen LogP contribution in [-0.4, -0.2) is 47.4 Å². The predicted octanol–water partition coefficient (Wildman–Crippen LogP) is 3.90. The third kappa shape index (κ3) is 3.88. The van der Waals surface area contributed by atoms with Crippen LogP contribution in [0.3, 0.4) is 0 Å². The predicted molar refractivity (Wildman–Crippen MR) is 105 cm³/mol. The van der Waals surface area contributed by atoms with Crippen LogP contribution in [0, 0.1) is 11.7 Å². The molecule has 4 nitrogen and oxygen atoms in total. The maximum Gasteiger partial charge on any atom is 0.270 e. The number of rotatable bonds is 5. The van der Waals surface area contributed by atoms with Crippen molar-refractivity contribution in [1.29, 1.82) is 0 Å². The number of fused-ring (bicyclic) bond motifs is 1. The molecule has 1 fully saturated rings. The zero-order chi connectivity index (χ0) is 18.8. The lowest BCUT2D eigenvalue weighted by atomic mass is 10.1. The molecular formula is C22H24FN3O. The Hall–Kier alpha value is -2.66. The molecular weight excluding hydrogens is 341 g/mol. The maximum absolute atomic E-state index is 13.9. The molecule has 2 heterocycles. The van der Waals surface area contributed by atoms with Gasteiger partial charge in [-0.15, -0.1) is 0 Å². The Labute approximate surface area is 158 Å². The fourth-order valence-electron chi connectivity index (χ4n) is 3.96. The number of aromatic nitrogens is 1. The topological polar surface area (TPSA) is 39.3 Å². The molecule has 1 N–H and O–H groups in total. The number of hydrogen-bond donors (Lipinski definition) is 1. The summed E-state index contributed by atoms with van der Waals surface area (Å²) in [5, 5.41) is 0.462. The second-order valence-electron chi connectivity index (χ2n) is 7.45. The average Bonchev–Trinajstić information content (AvgIpc) is 3.29. The number of H-pyrrole nitrogens is 1. The van der Waals surface area contributed by atoms with E-state index in [0.29, 0.717) is 29.1 Å². The van der Waals surface area contributed by atoms with Crippen LogP contribution in [0.25, 0.3) is 10.9 Å². The van der Waals surface area contributed by atoms with E-state index < -0.39 is 0 Å². The van der Waals surface area contributed by atoms with Crippen LogP contribution in [-0.2, 0) is 6.54 Å². The second kappa shape index (κ2) is 7.53. The Balaban J connectivity index is 1.36. The Bertz CT molecular complexity index is 937. The highest BCUT2D eigenvalue weighted by molar-refractivity contribution is 5.98. The number of carbonyl (C=O) groups is 1. The molecule has 0 saturated carbocycles. The number of likely N-dealkylation sites (tertiary alicyclic amines) is 1. The Morgan fingerprint density at radius 2 is 2.04 bits per heavy atom. The van der Waals surface area contributed by atoms with Crippen LogP contribution < -0.4 is 0 Å². The standard InChI is InChI=1S/C22H24FN3O/c1-25(22(27)21-12-18-19(23)8-5-9-20(18)24-21)13-17-10-11-26(15-17)14-16-6-3-2-4-7-16/h2-9,12,17,24H,10-11,13-15H2,1H3. The highest BCUT2D eigenvalue weighted by atomic mass is 19.1. The first-order chi connectivity index (χ1) is 13.1. The number of aromatic amines is 1. The molecule has 1 aromatic heterocycles. The van der Waals surface area contributed by atoms with Crippen molar-refractivity contribution >= 4 is 16.8 Å². The summed E-state index contributed by atoms with van der Waals surface area (Å²) in [5.41, 5.74) is 2.42. The molecule has 4 rings (SSSR count). The molecule has 140 valence electrons. The van der Waals surface area contributed by atoms with Crippen LogP contribution in [0.4, 0.5) is 4.39 Å². The number of nitrogens with one attached hydrogen (secondary N) is 1. The molecule has 0 bridgehead atoms. The molecule has 1 atom stereocenters. The van der Waals surface area contributed by atoms with Gasteiger partial charge in [0.05, 0.1) is 0 Å². The van der Waals surface area contributed by atoms with Crippen molar-refractivity contribution in [2.75, 3.05) is 26.7 Å². The van der Waals surface area contributed by atoms with Crippen LogP contribution >= 0.6 is 0 Å². The van der Waals surface area contributed by atoms with Crippen LogP contribution in [0.1, 0.15) is 22.5 Å². The summed E-state index contributed by atoms with van der Waals surface area (Å²) in [7, 11) is 1.82. The normalized spacial score (nSPS) is 17.5. The molecule has 1 amide bonds. The molecule has 1 saturated heterocycles. The Morgan fingerprint density at radius 1 is 1.22 bits per heavy atom. The lowest BCUT2D eigenvalue weighted by Crippen LogP contribution is -2.33. The first-order valence-corrected chi connectivity index (χ1v) is 9.39. The molecule has 0 spiro atoms. The van der Waals surface area contributed by atoms with E-state index in [2.05, 4.69) is 34.1 Å². The number of hydrogen-bond acceptors (Lipinski definition) is 2. The van der Waals surface area contributed by atoms with Crippen molar-refractivity contribution in [3.8, 4) is 0 Å². The van der Waals surface area contributed by atoms with Gasteiger partial charge in [0.2, 0.25) is 0 Å². The van der Waals surface area contributed by atoms with Gasteiger partial charge in [0.25, 0.3) is 5.91 Å². The number of benzene rings is 2. The molecule has 1 aliphatic rings. The van der Waals surface area contributed by atoms with E-state index in [9.17, 15) is 9.18 Å². The van der Waals surface area contributed by atoms with E-state index in [1.54, 1.807) is 23.1 Å². The highest BCUT2D eigenvalue weighted by Gasteiger charge is 2.26. The van der Waals surface area contributed by atoms with Gasteiger partial charge in [-0.25, -0.2) is 4.39 Å². The van der Waals surface area contributed by atoms with Crippen molar-refractivity contribution in [3.05, 3.63) is 71.7 Å². The summed E-state index contributed by atoms with van der Waals surface area (Å²) < 4.78 is 13.9. The van der Waals surface area contributed by atoms with E-state index in [4.69, 9.17) is 0 Å². The van der Waals surface area contributed by atoms with Gasteiger partial charge in [0.15, 0.2) is 0 Å². The van der Waals surface area contributed by atoms with E-state index in [-0.39, 0.29) is 11.7 Å². The lowest BCUT2D eigenvalue weighted by molar-refractivity contribution is 0.0768. The van der Waals surface area contributed by atoms with Gasteiger partial charge in [-0.05, 0) is 42.6 Å². The summed E-state index contributed by atoms with van der Waals surface area (Å²) >= 11 is 0. The summed E-state index contributed by atoms with van der Waals surface area (Å²) in [4.78, 5) is 20.0. The van der Waals surface area contributed by atoms with Gasteiger partial charge in [-0.1, -0.05) is 36.4 Å². The molecule has 2 aromatic carbocycles. The molecule has 0 aliphatic carbocycles. The Morgan fingerprint density at radius 3 is 2.81 bits per heavy atom. The van der Waals surface area contributed by atoms with Gasteiger partial charge in [-0.3, -0.25) is 9.69 Å². The van der Waals surface area contributed by atoms with Crippen LogP contribution in [0.15, 0.2) is 54.6 Å². The largest absolute Gasteiger partial charge is 0.350 e. The molecule has 5 heteroatoms. The highest BCUT2D eigenvalue weighted by Crippen LogP contribution is 2.22. The van der Waals surface area contributed by atoms with Crippen LogP contribution in [0.5, 0.6) is 0 Å². The van der Waals surface area contributed by atoms with Crippen molar-refractivity contribution in [3.63, 3.8) is 0 Å². The molecule has 0 radical (unpaired) electrons. The van der Waals surface area contributed by atoms with Crippen molar-refractivity contribution in [2.24, 2.45) is 5.92 Å². The SMILES string of the molecule is CN(CC1CCN(Cc2ccccc2)C1)C(=O)c1cc2c(F)cccc2[nH]1. The molecule has 1 aliphatic heterocycles. The summed E-state index contributed by atoms with van der Waals surface area (Å²) in [6.07, 6.45) is 1.09. The van der Waals surface area contributed by atoms with E-state index in [0.717, 1.165) is 26.1 Å². The number of halogens is 1. The first kappa shape index (κ1) is 17.7.